The molecule has 9 aromatic rings. The van der Waals surface area contributed by atoms with Crippen LogP contribution in [0.1, 0.15) is 25.0 Å². The van der Waals surface area contributed by atoms with E-state index in [4.69, 9.17) is 4.42 Å². The number of fused-ring (bicyclic) bond motifs is 6. The first-order valence-electron chi connectivity index (χ1n) is 18.4. The van der Waals surface area contributed by atoms with Gasteiger partial charge in [-0.3, -0.25) is 0 Å². The van der Waals surface area contributed by atoms with Crippen LogP contribution in [0.4, 0.5) is 17.1 Å². The van der Waals surface area contributed by atoms with Gasteiger partial charge in [-0.2, -0.15) is 0 Å². The second-order valence-corrected chi connectivity index (χ2v) is 14.5. The van der Waals surface area contributed by atoms with Crippen LogP contribution < -0.4 is 4.90 Å². The zero-order chi connectivity index (χ0) is 35.5. The largest absolute Gasteiger partial charge is 0.456 e. The van der Waals surface area contributed by atoms with E-state index in [0.29, 0.717) is 0 Å². The molecule has 0 spiro atoms. The highest BCUT2D eigenvalue weighted by molar-refractivity contribution is 6.07. The van der Waals surface area contributed by atoms with Crippen LogP contribution in [0.25, 0.3) is 66.4 Å². The minimum absolute atomic E-state index is 0.0878. The fourth-order valence-electron chi connectivity index (χ4n) is 8.57. The van der Waals surface area contributed by atoms with Crippen molar-refractivity contribution in [3.8, 4) is 44.5 Å². The molecule has 0 saturated carbocycles. The molecule has 0 unspecified atom stereocenters. The first-order valence-corrected chi connectivity index (χ1v) is 18.4. The van der Waals surface area contributed by atoms with E-state index in [9.17, 15) is 0 Å². The first-order chi connectivity index (χ1) is 26.1. The number of anilines is 3. The number of hydrogen-bond donors (Lipinski definition) is 0. The number of furan rings is 1. The Morgan fingerprint density at radius 3 is 1.75 bits per heavy atom. The summed E-state index contributed by atoms with van der Waals surface area (Å²) >= 11 is 0. The number of hydrogen-bond acceptors (Lipinski definition) is 2. The van der Waals surface area contributed by atoms with Gasteiger partial charge in [0.2, 0.25) is 0 Å². The first kappa shape index (κ1) is 31.1. The summed E-state index contributed by atoms with van der Waals surface area (Å²) in [5.74, 6) is 0. The highest BCUT2D eigenvalue weighted by atomic mass is 16.3. The van der Waals surface area contributed by atoms with Gasteiger partial charge in [0.05, 0.1) is 5.69 Å². The average molecular weight is 680 g/mol. The monoisotopic (exact) mass is 679 g/mol. The normalized spacial score (nSPS) is 12.9. The van der Waals surface area contributed by atoms with Crippen molar-refractivity contribution in [2.24, 2.45) is 0 Å². The predicted octanol–water partition coefficient (Wildman–Crippen LogP) is 14.4. The van der Waals surface area contributed by atoms with Gasteiger partial charge >= 0.3 is 0 Å². The molecule has 53 heavy (non-hydrogen) atoms. The summed E-state index contributed by atoms with van der Waals surface area (Å²) in [7, 11) is 0. The van der Waals surface area contributed by atoms with Gasteiger partial charge in [-0.1, -0.05) is 159 Å². The van der Waals surface area contributed by atoms with Crippen molar-refractivity contribution < 1.29 is 4.42 Å². The highest BCUT2D eigenvalue weighted by Crippen LogP contribution is 2.53. The molecule has 10 rings (SSSR count). The summed E-state index contributed by atoms with van der Waals surface area (Å²) in [6, 6.07) is 68.0. The van der Waals surface area contributed by atoms with Crippen LogP contribution >= 0.6 is 0 Å². The van der Waals surface area contributed by atoms with Gasteiger partial charge in [-0.25, -0.2) is 0 Å². The minimum atomic E-state index is -0.0878. The molecule has 0 aliphatic heterocycles. The Bertz CT molecular complexity index is 2810. The Labute approximate surface area is 310 Å². The smallest absolute Gasteiger partial charge is 0.137 e. The quantitative estimate of drug-likeness (QED) is 0.174. The summed E-state index contributed by atoms with van der Waals surface area (Å²) in [5, 5.41) is 2.24. The van der Waals surface area contributed by atoms with E-state index in [1.807, 2.05) is 6.07 Å². The van der Waals surface area contributed by atoms with E-state index in [1.54, 1.807) is 0 Å². The Morgan fingerprint density at radius 2 is 0.962 bits per heavy atom. The summed E-state index contributed by atoms with van der Waals surface area (Å²) in [5.41, 5.74) is 17.3. The molecule has 0 amide bonds. The van der Waals surface area contributed by atoms with E-state index in [2.05, 4.69) is 201 Å². The van der Waals surface area contributed by atoms with Crippen LogP contribution in [0, 0.1) is 0 Å². The third kappa shape index (κ3) is 5.02. The summed E-state index contributed by atoms with van der Waals surface area (Å²) < 4.78 is 6.52. The number of nitrogens with zero attached hydrogens (tertiary/aromatic N) is 1. The number of rotatable bonds is 6. The van der Waals surface area contributed by atoms with Crippen LogP contribution in [-0.4, -0.2) is 0 Å². The lowest BCUT2D eigenvalue weighted by molar-refractivity contribution is 0.660. The lowest BCUT2D eigenvalue weighted by Crippen LogP contribution is -2.15. The van der Waals surface area contributed by atoms with Gasteiger partial charge in [-0.05, 0) is 86.5 Å². The van der Waals surface area contributed by atoms with Crippen molar-refractivity contribution in [1.82, 2.24) is 0 Å². The van der Waals surface area contributed by atoms with Crippen molar-refractivity contribution in [1.29, 1.82) is 0 Å². The fourth-order valence-corrected chi connectivity index (χ4v) is 8.57. The van der Waals surface area contributed by atoms with Gasteiger partial charge in [-0.15, -0.1) is 0 Å². The second-order valence-electron chi connectivity index (χ2n) is 14.5. The zero-order valence-electron chi connectivity index (χ0n) is 29.8. The summed E-state index contributed by atoms with van der Waals surface area (Å²) in [6.07, 6.45) is 0. The van der Waals surface area contributed by atoms with Crippen LogP contribution in [0.2, 0.25) is 0 Å². The van der Waals surface area contributed by atoms with Crippen molar-refractivity contribution >= 4 is 39.0 Å². The SMILES string of the molecule is CC1(C)c2ccccc2-c2cc(N(c3ccc4c(c3)oc3ccccc34)c3cccc(-c4ccccc4)c3-c3ccccc3-c3ccccc3)ccc21. The molecule has 0 radical (unpaired) electrons. The molecule has 1 heterocycles. The second kappa shape index (κ2) is 12.3. The molecule has 8 aromatic carbocycles. The van der Waals surface area contributed by atoms with Gasteiger partial charge < -0.3 is 9.32 Å². The maximum absolute atomic E-state index is 6.52. The van der Waals surface area contributed by atoms with Crippen molar-refractivity contribution in [3.63, 3.8) is 0 Å². The van der Waals surface area contributed by atoms with Crippen LogP contribution in [0.5, 0.6) is 0 Å². The maximum atomic E-state index is 6.52. The Kier molecular flexibility index (Phi) is 7.19. The van der Waals surface area contributed by atoms with Crippen molar-refractivity contribution in [3.05, 3.63) is 199 Å². The maximum Gasteiger partial charge on any atom is 0.137 e. The lowest BCUT2D eigenvalue weighted by atomic mass is 9.82. The van der Waals surface area contributed by atoms with Crippen LogP contribution in [0.3, 0.4) is 0 Å². The molecule has 252 valence electrons. The Balaban J connectivity index is 1.29. The van der Waals surface area contributed by atoms with Crippen molar-refractivity contribution in [2.45, 2.75) is 19.3 Å². The van der Waals surface area contributed by atoms with E-state index >= 15 is 0 Å². The molecule has 0 fully saturated rings. The van der Waals surface area contributed by atoms with E-state index in [-0.39, 0.29) is 5.41 Å². The van der Waals surface area contributed by atoms with E-state index in [1.165, 1.54) is 55.6 Å². The van der Waals surface area contributed by atoms with Gasteiger partial charge in [0.1, 0.15) is 11.2 Å². The third-order valence-electron chi connectivity index (χ3n) is 11.1. The molecular weight excluding hydrogens is 643 g/mol. The molecule has 2 nitrogen and oxygen atoms in total. The topological polar surface area (TPSA) is 16.4 Å². The Morgan fingerprint density at radius 1 is 0.396 bits per heavy atom. The molecule has 0 bridgehead atoms. The molecule has 0 atom stereocenters. The molecule has 0 saturated heterocycles. The summed E-state index contributed by atoms with van der Waals surface area (Å²) in [4.78, 5) is 2.43. The molecule has 1 aromatic heterocycles. The number of benzene rings is 8. The molecular formula is C51H37NO. The average Bonchev–Trinajstić information content (AvgIpc) is 3.70. The lowest BCUT2D eigenvalue weighted by Gasteiger charge is -2.30. The summed E-state index contributed by atoms with van der Waals surface area (Å²) in [6.45, 7) is 4.68. The number of para-hydroxylation sites is 1. The fraction of sp³-hybridized carbons (Fsp3) is 0.0588. The molecule has 1 aliphatic carbocycles. The standard InChI is InChI=1S/C51H37NO/c1-51(2)45-25-13-11-21-40(45)44-32-36(29-31-46(44)51)52(37-28-30-42-41-22-12-14-27-48(41)53-49(42)33-37)47-26-15-24-39(35-18-7-4-8-19-35)50(47)43-23-10-9-20-38(43)34-16-5-3-6-17-34/h3-33H,1-2H3. The van der Waals surface area contributed by atoms with Gasteiger partial charge in [0.15, 0.2) is 0 Å². The Hall–Kier alpha value is -6.64. The van der Waals surface area contributed by atoms with Crippen LogP contribution in [-0.2, 0) is 5.41 Å². The van der Waals surface area contributed by atoms with E-state index < -0.39 is 0 Å². The third-order valence-corrected chi connectivity index (χ3v) is 11.1. The van der Waals surface area contributed by atoms with Gasteiger partial charge in [0, 0.05) is 39.2 Å². The van der Waals surface area contributed by atoms with Crippen molar-refractivity contribution in [2.75, 3.05) is 4.90 Å². The van der Waals surface area contributed by atoms with E-state index in [0.717, 1.165) is 39.0 Å². The van der Waals surface area contributed by atoms with Crippen LogP contribution in [0.15, 0.2) is 192 Å². The minimum Gasteiger partial charge on any atom is -0.456 e. The highest BCUT2D eigenvalue weighted by Gasteiger charge is 2.36. The molecule has 2 heteroatoms. The molecule has 1 aliphatic rings. The zero-order valence-corrected chi connectivity index (χ0v) is 29.8. The predicted molar refractivity (Wildman–Crippen MR) is 222 cm³/mol. The van der Waals surface area contributed by atoms with Gasteiger partial charge in [0.25, 0.3) is 0 Å². The molecule has 0 N–H and O–H groups in total.